The first kappa shape index (κ1) is 16.1. The summed E-state index contributed by atoms with van der Waals surface area (Å²) in [6.07, 6.45) is -2.84. The monoisotopic (exact) mass is 334 g/mol. The third-order valence-electron chi connectivity index (χ3n) is 2.76. The van der Waals surface area contributed by atoms with Crippen LogP contribution in [-0.2, 0) is 0 Å². The lowest BCUT2D eigenvalue weighted by Crippen LogP contribution is -2.34. The maximum Gasteiger partial charge on any atom is 0.429 e. The zero-order valence-electron chi connectivity index (χ0n) is 10.8. The number of alkyl halides is 4. The van der Waals surface area contributed by atoms with Crippen molar-refractivity contribution in [1.29, 1.82) is 0 Å². The number of benzene rings is 1. The van der Waals surface area contributed by atoms with E-state index in [1.165, 1.54) is 12.1 Å². The number of rotatable bonds is 2. The van der Waals surface area contributed by atoms with Gasteiger partial charge in [-0.2, -0.15) is 13.2 Å². The van der Waals surface area contributed by atoms with Gasteiger partial charge < -0.3 is 4.74 Å². The molecule has 0 aliphatic carbocycles. The van der Waals surface area contributed by atoms with Crippen LogP contribution in [0.1, 0.15) is 24.0 Å². The molecule has 1 unspecified atom stereocenters. The fraction of sp³-hybridized carbons (Fsp3) is 0.333. The standard InChI is InChI=1S/C15H11Cl2F3O/c16-7-3-1-2-4-10-8-12(17)9-11-5-6-13(15(18,19)20)21-14(10)11/h5-6,8-9,13H,1,3,7H2. The van der Waals surface area contributed by atoms with Crippen LogP contribution in [0.25, 0.3) is 6.08 Å². The summed E-state index contributed by atoms with van der Waals surface area (Å²) in [6.45, 7) is 0. The Morgan fingerprint density at radius 2 is 2.05 bits per heavy atom. The number of unbranched alkanes of at least 4 members (excludes halogenated alkanes) is 1. The summed E-state index contributed by atoms with van der Waals surface area (Å²) in [5, 5.41) is 0.397. The van der Waals surface area contributed by atoms with E-state index in [1.807, 2.05) is 0 Å². The van der Waals surface area contributed by atoms with Gasteiger partial charge in [0.15, 0.2) is 0 Å². The summed E-state index contributed by atoms with van der Waals surface area (Å²) in [5.74, 6) is 6.25. The van der Waals surface area contributed by atoms with Gasteiger partial charge in [-0.15, -0.1) is 11.6 Å². The van der Waals surface area contributed by atoms with Gasteiger partial charge in [-0.3, -0.25) is 0 Å². The Kier molecular flexibility index (Phi) is 5.08. The van der Waals surface area contributed by atoms with Gasteiger partial charge >= 0.3 is 6.18 Å². The highest BCUT2D eigenvalue weighted by atomic mass is 35.5. The second kappa shape index (κ2) is 6.64. The van der Waals surface area contributed by atoms with Crippen molar-refractivity contribution in [2.75, 3.05) is 5.88 Å². The molecule has 0 saturated heterocycles. The predicted molar refractivity (Wildman–Crippen MR) is 77.8 cm³/mol. The van der Waals surface area contributed by atoms with Crippen LogP contribution in [0.15, 0.2) is 18.2 Å². The third-order valence-corrected chi connectivity index (χ3v) is 3.24. The van der Waals surface area contributed by atoms with Gasteiger partial charge in [0.2, 0.25) is 6.10 Å². The average molecular weight is 335 g/mol. The van der Waals surface area contributed by atoms with Crippen LogP contribution in [0.4, 0.5) is 13.2 Å². The van der Waals surface area contributed by atoms with Crippen molar-refractivity contribution in [2.24, 2.45) is 0 Å². The van der Waals surface area contributed by atoms with Crippen LogP contribution in [0.2, 0.25) is 5.02 Å². The van der Waals surface area contributed by atoms with E-state index in [0.29, 0.717) is 34.9 Å². The molecule has 0 amide bonds. The molecule has 1 nitrogen and oxygen atoms in total. The van der Waals surface area contributed by atoms with Crippen LogP contribution in [-0.4, -0.2) is 18.2 Å². The second-order valence-electron chi connectivity index (χ2n) is 4.41. The SMILES string of the molecule is FC(F)(F)C1C=Cc2cc(Cl)cc(C#CCCCCl)c2O1. The highest BCUT2D eigenvalue weighted by molar-refractivity contribution is 6.31. The fourth-order valence-corrected chi connectivity index (χ4v) is 2.17. The summed E-state index contributed by atoms with van der Waals surface area (Å²) >= 11 is 11.5. The second-order valence-corrected chi connectivity index (χ2v) is 5.22. The maximum absolute atomic E-state index is 12.7. The molecule has 0 saturated carbocycles. The molecule has 1 aromatic carbocycles. The molecule has 112 valence electrons. The minimum atomic E-state index is -4.46. The van der Waals surface area contributed by atoms with Crippen molar-refractivity contribution < 1.29 is 17.9 Å². The summed E-state index contributed by atoms with van der Waals surface area (Å²) < 4.78 is 43.3. The van der Waals surface area contributed by atoms with E-state index in [1.54, 1.807) is 6.07 Å². The number of hydrogen-bond acceptors (Lipinski definition) is 1. The smallest absolute Gasteiger partial charge is 0.429 e. The summed E-state index contributed by atoms with van der Waals surface area (Å²) in [5.41, 5.74) is 0.843. The highest BCUT2D eigenvalue weighted by Crippen LogP contribution is 2.36. The van der Waals surface area contributed by atoms with E-state index in [9.17, 15) is 13.2 Å². The van der Waals surface area contributed by atoms with Gasteiger partial charge in [-0.25, -0.2) is 0 Å². The Bertz CT molecular complexity index is 612. The number of hydrogen-bond donors (Lipinski definition) is 0. The first-order valence-electron chi connectivity index (χ1n) is 6.22. The molecule has 0 aromatic heterocycles. The van der Waals surface area contributed by atoms with E-state index in [0.717, 1.165) is 6.08 Å². The molecule has 1 heterocycles. The van der Waals surface area contributed by atoms with Gasteiger partial charge in [0.1, 0.15) is 5.75 Å². The zero-order chi connectivity index (χ0) is 15.5. The Labute approximate surface area is 130 Å². The van der Waals surface area contributed by atoms with E-state index in [2.05, 4.69) is 11.8 Å². The molecule has 1 aromatic rings. The minimum Gasteiger partial charge on any atom is -0.475 e. The molecular weight excluding hydrogens is 324 g/mol. The van der Waals surface area contributed by atoms with Crippen LogP contribution in [0.3, 0.4) is 0 Å². The van der Waals surface area contributed by atoms with Crippen LogP contribution < -0.4 is 4.74 Å². The molecule has 1 aliphatic rings. The Morgan fingerprint density at radius 1 is 1.29 bits per heavy atom. The summed E-state index contributed by atoms with van der Waals surface area (Å²) in [4.78, 5) is 0. The molecule has 1 atom stereocenters. The molecule has 0 N–H and O–H groups in total. The average Bonchev–Trinajstić information content (AvgIpc) is 2.41. The van der Waals surface area contributed by atoms with Gasteiger partial charge in [-0.1, -0.05) is 29.5 Å². The van der Waals surface area contributed by atoms with Crippen molar-refractivity contribution in [1.82, 2.24) is 0 Å². The van der Waals surface area contributed by atoms with Crippen LogP contribution in [0.5, 0.6) is 5.75 Å². The molecule has 0 fully saturated rings. The maximum atomic E-state index is 12.7. The lowest BCUT2D eigenvalue weighted by Gasteiger charge is -2.24. The lowest BCUT2D eigenvalue weighted by atomic mass is 10.0. The molecule has 0 bridgehead atoms. The topological polar surface area (TPSA) is 9.23 Å². The number of ether oxygens (including phenoxy) is 1. The molecule has 1 aliphatic heterocycles. The fourth-order valence-electron chi connectivity index (χ4n) is 1.81. The Balaban J connectivity index is 2.34. The molecular formula is C15H11Cl2F3O. The van der Waals surface area contributed by atoms with Gasteiger partial charge in [-0.05, 0) is 24.6 Å². The van der Waals surface area contributed by atoms with Crippen molar-refractivity contribution in [3.05, 3.63) is 34.4 Å². The summed E-state index contributed by atoms with van der Waals surface area (Å²) in [7, 11) is 0. The highest BCUT2D eigenvalue weighted by Gasteiger charge is 2.41. The lowest BCUT2D eigenvalue weighted by molar-refractivity contribution is -0.180. The normalized spacial score (nSPS) is 16.7. The first-order valence-corrected chi connectivity index (χ1v) is 7.13. The van der Waals surface area contributed by atoms with Gasteiger partial charge in [0.05, 0.1) is 5.56 Å². The number of halogens is 5. The van der Waals surface area contributed by atoms with Gasteiger partial charge in [0.25, 0.3) is 0 Å². The van der Waals surface area contributed by atoms with Crippen molar-refractivity contribution >= 4 is 29.3 Å². The van der Waals surface area contributed by atoms with E-state index in [-0.39, 0.29) is 5.75 Å². The van der Waals surface area contributed by atoms with E-state index >= 15 is 0 Å². The number of fused-ring (bicyclic) bond motifs is 1. The minimum absolute atomic E-state index is 0.114. The molecule has 21 heavy (non-hydrogen) atoms. The van der Waals surface area contributed by atoms with Crippen molar-refractivity contribution in [2.45, 2.75) is 25.1 Å². The van der Waals surface area contributed by atoms with Crippen molar-refractivity contribution in [3.8, 4) is 17.6 Å². The van der Waals surface area contributed by atoms with Crippen LogP contribution >= 0.6 is 23.2 Å². The largest absolute Gasteiger partial charge is 0.475 e. The van der Waals surface area contributed by atoms with Crippen molar-refractivity contribution in [3.63, 3.8) is 0 Å². The molecule has 0 spiro atoms. The Hall–Kier alpha value is -1.31. The zero-order valence-corrected chi connectivity index (χ0v) is 12.3. The predicted octanol–water partition coefficient (Wildman–Crippen LogP) is 5.05. The van der Waals surface area contributed by atoms with E-state index < -0.39 is 12.3 Å². The summed E-state index contributed by atoms with van der Waals surface area (Å²) in [6, 6.07) is 3.05. The first-order chi connectivity index (χ1) is 9.91. The van der Waals surface area contributed by atoms with E-state index in [4.69, 9.17) is 27.9 Å². The quantitative estimate of drug-likeness (QED) is 0.418. The van der Waals surface area contributed by atoms with Gasteiger partial charge in [0, 0.05) is 22.9 Å². The molecule has 6 heteroatoms. The third kappa shape index (κ3) is 4.09. The molecule has 2 rings (SSSR count). The van der Waals surface area contributed by atoms with Crippen LogP contribution in [0, 0.1) is 11.8 Å². The molecule has 0 radical (unpaired) electrons. The Morgan fingerprint density at radius 3 is 2.71 bits per heavy atom.